The molecule has 30 heavy (non-hydrogen) atoms. The number of carbonyl (C=O) groups excluding carboxylic acids is 1. The lowest BCUT2D eigenvalue weighted by molar-refractivity contribution is 0.0935. The minimum atomic E-state index is -0.549. The molecule has 1 N–H and O–H groups in total. The quantitative estimate of drug-likeness (QED) is 0.668. The minimum absolute atomic E-state index is 0.168. The molecule has 7 nitrogen and oxygen atoms in total. The lowest BCUT2D eigenvalue weighted by Crippen LogP contribution is -2.27. The lowest BCUT2D eigenvalue weighted by Gasteiger charge is -2.13. The zero-order valence-corrected chi connectivity index (χ0v) is 16.5. The van der Waals surface area contributed by atoms with E-state index in [-0.39, 0.29) is 23.0 Å². The van der Waals surface area contributed by atoms with Crippen LogP contribution in [0.15, 0.2) is 36.5 Å². The first kappa shape index (κ1) is 19.8. The molecule has 0 saturated carbocycles. The number of aryl methyl sites for hydroxylation is 1. The molecule has 2 aromatic heterocycles. The summed E-state index contributed by atoms with van der Waals surface area (Å²) in [4.78, 5) is 16.5. The number of fused-ring (bicyclic) bond motifs is 1. The monoisotopic (exact) mass is 414 g/mol. The molecule has 0 fully saturated rings. The van der Waals surface area contributed by atoms with Crippen LogP contribution in [0.2, 0.25) is 0 Å². The highest BCUT2D eigenvalue weighted by Crippen LogP contribution is 2.32. The summed E-state index contributed by atoms with van der Waals surface area (Å²) in [5, 5.41) is 7.34. The molecule has 1 amide bonds. The molecule has 0 spiro atoms. The number of amides is 1. The number of halogens is 2. The van der Waals surface area contributed by atoms with E-state index < -0.39 is 17.5 Å². The molecule has 1 unspecified atom stereocenters. The molecule has 0 radical (unpaired) electrons. The Kier molecular flexibility index (Phi) is 5.35. The van der Waals surface area contributed by atoms with Gasteiger partial charge in [0.25, 0.3) is 5.91 Å². The van der Waals surface area contributed by atoms with Crippen LogP contribution in [-0.2, 0) is 6.54 Å². The van der Waals surface area contributed by atoms with Gasteiger partial charge in [0.2, 0.25) is 5.88 Å². The molecule has 0 aliphatic carbocycles. The first-order valence-corrected chi connectivity index (χ1v) is 9.50. The van der Waals surface area contributed by atoms with Gasteiger partial charge in [-0.3, -0.25) is 9.48 Å². The van der Waals surface area contributed by atoms with E-state index in [1.165, 1.54) is 25.3 Å². The van der Waals surface area contributed by atoms with Gasteiger partial charge in [0, 0.05) is 29.8 Å². The average Bonchev–Trinajstić information content (AvgIpc) is 3.30. The molecule has 0 saturated heterocycles. The van der Waals surface area contributed by atoms with Gasteiger partial charge >= 0.3 is 0 Å². The predicted octanol–water partition coefficient (Wildman–Crippen LogP) is 3.51. The Bertz CT molecular complexity index is 1100. The van der Waals surface area contributed by atoms with Crippen molar-refractivity contribution in [2.75, 3.05) is 13.7 Å². The van der Waals surface area contributed by atoms with Gasteiger partial charge in [-0.1, -0.05) is 0 Å². The first-order chi connectivity index (χ1) is 14.5. The van der Waals surface area contributed by atoms with Crippen molar-refractivity contribution in [3.63, 3.8) is 0 Å². The number of benzene rings is 1. The zero-order valence-electron chi connectivity index (χ0n) is 16.5. The van der Waals surface area contributed by atoms with Crippen molar-refractivity contribution in [3.05, 3.63) is 59.4 Å². The molecule has 1 aliphatic rings. The largest absolute Gasteiger partial charge is 0.494 e. The molecular weight excluding hydrogens is 394 g/mol. The highest BCUT2D eigenvalue weighted by molar-refractivity contribution is 5.94. The number of nitrogens with zero attached hydrogens (tertiary/aromatic N) is 3. The number of nitrogens with one attached hydrogen (secondary N) is 1. The van der Waals surface area contributed by atoms with Crippen LogP contribution in [0, 0.1) is 11.6 Å². The molecule has 1 atom stereocenters. The predicted molar refractivity (Wildman–Crippen MR) is 104 cm³/mol. The molecule has 9 heteroatoms. The third-order valence-electron chi connectivity index (χ3n) is 4.86. The summed E-state index contributed by atoms with van der Waals surface area (Å²) in [6.45, 7) is 2.71. The third-order valence-corrected chi connectivity index (χ3v) is 4.86. The van der Waals surface area contributed by atoms with Crippen molar-refractivity contribution in [2.24, 2.45) is 0 Å². The maximum absolute atomic E-state index is 14.2. The fourth-order valence-electron chi connectivity index (χ4n) is 3.48. The van der Waals surface area contributed by atoms with Crippen LogP contribution in [0.25, 0.3) is 11.3 Å². The van der Waals surface area contributed by atoms with Gasteiger partial charge in [-0.15, -0.1) is 0 Å². The fraction of sp³-hybridized carbons (Fsp3) is 0.286. The van der Waals surface area contributed by atoms with Crippen molar-refractivity contribution in [2.45, 2.75) is 25.9 Å². The number of hydrogen-bond donors (Lipinski definition) is 1. The van der Waals surface area contributed by atoms with Crippen LogP contribution in [-0.4, -0.2) is 34.4 Å². The molecule has 3 heterocycles. The summed E-state index contributed by atoms with van der Waals surface area (Å²) in [7, 11) is 1.45. The number of carbonyl (C=O) groups is 1. The number of ether oxygens (including phenoxy) is 2. The van der Waals surface area contributed by atoms with E-state index in [9.17, 15) is 13.6 Å². The standard InChI is InChI=1S/C21H20F2N4O3/c1-3-30-14-7-12(6-13(22)8-14)21(28)25-17-4-5-27-19(17)10-18(26-27)15-9-20(29-2)24-11-16(15)23/h6-11,17H,3-5H2,1-2H3,(H,25,28). The Morgan fingerprint density at radius 3 is 2.87 bits per heavy atom. The van der Waals surface area contributed by atoms with Gasteiger partial charge in [0.15, 0.2) is 5.82 Å². The highest BCUT2D eigenvalue weighted by atomic mass is 19.1. The molecule has 4 rings (SSSR count). The Balaban J connectivity index is 1.57. The minimum Gasteiger partial charge on any atom is -0.494 e. The number of pyridine rings is 1. The van der Waals surface area contributed by atoms with Gasteiger partial charge < -0.3 is 14.8 Å². The lowest BCUT2D eigenvalue weighted by atomic mass is 10.1. The number of rotatable bonds is 6. The van der Waals surface area contributed by atoms with E-state index >= 15 is 0 Å². The van der Waals surface area contributed by atoms with E-state index in [4.69, 9.17) is 9.47 Å². The smallest absolute Gasteiger partial charge is 0.252 e. The van der Waals surface area contributed by atoms with E-state index in [2.05, 4.69) is 15.4 Å². The summed E-state index contributed by atoms with van der Waals surface area (Å²) in [5.74, 6) is -0.916. The second-order valence-corrected chi connectivity index (χ2v) is 6.81. The zero-order chi connectivity index (χ0) is 21.3. The number of hydrogen-bond acceptors (Lipinski definition) is 5. The Labute approximate surface area is 171 Å². The molecular formula is C21H20F2N4O3. The van der Waals surface area contributed by atoms with E-state index in [1.807, 2.05) is 0 Å². The summed E-state index contributed by atoms with van der Waals surface area (Å²) in [5.41, 5.74) is 1.60. The Morgan fingerprint density at radius 2 is 2.10 bits per heavy atom. The maximum Gasteiger partial charge on any atom is 0.252 e. The van der Waals surface area contributed by atoms with Gasteiger partial charge in [-0.05, 0) is 31.5 Å². The van der Waals surface area contributed by atoms with Crippen LogP contribution in [0.3, 0.4) is 0 Å². The normalized spacial score (nSPS) is 15.0. The number of methoxy groups -OCH3 is 1. The van der Waals surface area contributed by atoms with Gasteiger partial charge in [0.1, 0.15) is 11.6 Å². The summed E-state index contributed by atoms with van der Waals surface area (Å²) >= 11 is 0. The van der Waals surface area contributed by atoms with Crippen molar-refractivity contribution < 1.29 is 23.0 Å². The van der Waals surface area contributed by atoms with Crippen molar-refractivity contribution in [1.29, 1.82) is 0 Å². The molecule has 156 valence electrons. The second kappa shape index (κ2) is 8.10. The average molecular weight is 414 g/mol. The first-order valence-electron chi connectivity index (χ1n) is 9.50. The number of aromatic nitrogens is 3. The van der Waals surface area contributed by atoms with Crippen molar-refractivity contribution in [1.82, 2.24) is 20.1 Å². The highest BCUT2D eigenvalue weighted by Gasteiger charge is 2.28. The molecule has 3 aromatic rings. The van der Waals surface area contributed by atoms with E-state index in [0.29, 0.717) is 31.0 Å². The molecule has 1 aliphatic heterocycles. The topological polar surface area (TPSA) is 78.3 Å². The van der Waals surface area contributed by atoms with Crippen molar-refractivity contribution >= 4 is 5.91 Å². The fourth-order valence-corrected chi connectivity index (χ4v) is 3.48. The van der Waals surface area contributed by atoms with Gasteiger partial charge in [-0.2, -0.15) is 5.10 Å². The second-order valence-electron chi connectivity index (χ2n) is 6.81. The van der Waals surface area contributed by atoms with Gasteiger partial charge in [0.05, 0.1) is 37.3 Å². The summed E-state index contributed by atoms with van der Waals surface area (Å²) in [6.07, 6.45) is 1.71. The Hall–Kier alpha value is -3.49. The van der Waals surface area contributed by atoms with Crippen LogP contribution < -0.4 is 14.8 Å². The van der Waals surface area contributed by atoms with Crippen molar-refractivity contribution in [3.8, 4) is 22.9 Å². The molecule has 0 bridgehead atoms. The maximum atomic E-state index is 14.2. The Morgan fingerprint density at radius 1 is 1.27 bits per heavy atom. The van der Waals surface area contributed by atoms with Crippen LogP contribution in [0.5, 0.6) is 11.6 Å². The van der Waals surface area contributed by atoms with E-state index in [1.54, 1.807) is 17.7 Å². The third kappa shape index (κ3) is 3.83. The van der Waals surface area contributed by atoms with Gasteiger partial charge in [-0.25, -0.2) is 13.8 Å². The molecule has 1 aromatic carbocycles. The summed E-state index contributed by atoms with van der Waals surface area (Å²) < 4.78 is 40.2. The van der Waals surface area contributed by atoms with Crippen LogP contribution in [0.4, 0.5) is 8.78 Å². The SMILES string of the molecule is CCOc1cc(F)cc(C(=O)NC2CCn3nc(-c4cc(OC)ncc4F)cc32)c1. The van der Waals surface area contributed by atoms with Crippen LogP contribution >= 0.6 is 0 Å². The summed E-state index contributed by atoms with van der Waals surface area (Å²) in [6, 6.07) is 6.77. The van der Waals surface area contributed by atoms with Crippen LogP contribution in [0.1, 0.15) is 35.4 Å². The van der Waals surface area contributed by atoms with E-state index in [0.717, 1.165) is 18.0 Å².